The van der Waals surface area contributed by atoms with Gasteiger partial charge in [0.1, 0.15) is 5.75 Å². The molecule has 24 heavy (non-hydrogen) atoms. The quantitative estimate of drug-likeness (QED) is 0.732. The SMILES string of the molecule is O=C(O)CCCCOc1ccc(C23CC4CC(CC(C4)C2)C3)cc1. The van der Waals surface area contributed by atoms with Gasteiger partial charge in [-0.05, 0) is 92.2 Å². The summed E-state index contributed by atoms with van der Waals surface area (Å²) in [5.74, 6) is 3.11. The van der Waals surface area contributed by atoms with Crippen LogP contribution in [0.4, 0.5) is 0 Å². The predicted molar refractivity (Wildman–Crippen MR) is 93.3 cm³/mol. The minimum atomic E-state index is -0.727. The van der Waals surface area contributed by atoms with Gasteiger partial charge in [-0.25, -0.2) is 0 Å². The van der Waals surface area contributed by atoms with Crippen LogP contribution in [0.2, 0.25) is 0 Å². The van der Waals surface area contributed by atoms with Crippen molar-refractivity contribution in [2.45, 2.75) is 63.2 Å². The highest BCUT2D eigenvalue weighted by molar-refractivity contribution is 5.66. The number of carboxylic acid groups (broad SMARTS) is 1. The van der Waals surface area contributed by atoms with Gasteiger partial charge in [-0.15, -0.1) is 0 Å². The van der Waals surface area contributed by atoms with E-state index in [1.54, 1.807) is 0 Å². The Kier molecular flexibility index (Phi) is 4.28. The molecule has 4 saturated carbocycles. The lowest BCUT2D eigenvalue weighted by Crippen LogP contribution is -2.48. The van der Waals surface area contributed by atoms with Crippen LogP contribution in [0, 0.1) is 17.8 Å². The molecule has 0 atom stereocenters. The van der Waals surface area contributed by atoms with E-state index >= 15 is 0 Å². The fourth-order valence-electron chi connectivity index (χ4n) is 5.94. The Hall–Kier alpha value is -1.51. The van der Waals surface area contributed by atoms with Crippen molar-refractivity contribution in [2.75, 3.05) is 6.61 Å². The lowest BCUT2D eigenvalue weighted by Gasteiger charge is -2.57. The number of hydrogen-bond donors (Lipinski definition) is 1. The van der Waals surface area contributed by atoms with Crippen molar-refractivity contribution in [3.05, 3.63) is 29.8 Å². The van der Waals surface area contributed by atoms with Crippen LogP contribution in [0.5, 0.6) is 5.75 Å². The van der Waals surface area contributed by atoms with Crippen molar-refractivity contribution in [3.63, 3.8) is 0 Å². The van der Waals surface area contributed by atoms with E-state index in [9.17, 15) is 4.79 Å². The third-order valence-corrected chi connectivity index (χ3v) is 6.56. The average Bonchev–Trinajstić information content (AvgIpc) is 2.53. The second kappa shape index (κ2) is 6.42. The fraction of sp³-hybridized carbons (Fsp3) is 0.667. The zero-order valence-corrected chi connectivity index (χ0v) is 14.4. The second-order valence-corrected chi connectivity index (χ2v) is 8.42. The average molecular weight is 328 g/mol. The summed E-state index contributed by atoms with van der Waals surface area (Å²) in [4.78, 5) is 10.5. The summed E-state index contributed by atoms with van der Waals surface area (Å²) in [6.45, 7) is 0.601. The Balaban J connectivity index is 1.35. The largest absolute Gasteiger partial charge is 0.494 e. The van der Waals surface area contributed by atoms with Gasteiger partial charge in [-0.2, -0.15) is 0 Å². The molecule has 0 heterocycles. The van der Waals surface area contributed by atoms with Gasteiger partial charge in [0.2, 0.25) is 0 Å². The molecule has 4 bridgehead atoms. The Bertz CT molecular complexity index is 554. The molecular formula is C21H28O3. The molecule has 0 aliphatic heterocycles. The van der Waals surface area contributed by atoms with Gasteiger partial charge in [-0.3, -0.25) is 4.79 Å². The highest BCUT2D eigenvalue weighted by Crippen LogP contribution is 2.60. The Morgan fingerprint density at radius 2 is 1.58 bits per heavy atom. The molecule has 4 fully saturated rings. The molecule has 0 radical (unpaired) electrons. The van der Waals surface area contributed by atoms with E-state index < -0.39 is 5.97 Å². The first-order valence-corrected chi connectivity index (χ1v) is 9.58. The first-order chi connectivity index (χ1) is 11.6. The Labute approximate surface area is 144 Å². The first-order valence-electron chi connectivity index (χ1n) is 9.58. The third kappa shape index (κ3) is 3.18. The molecule has 4 aliphatic rings. The van der Waals surface area contributed by atoms with E-state index in [1.165, 1.54) is 44.1 Å². The number of ether oxygens (including phenoxy) is 1. The molecular weight excluding hydrogens is 300 g/mol. The molecule has 3 heteroatoms. The van der Waals surface area contributed by atoms with Crippen molar-refractivity contribution in [3.8, 4) is 5.75 Å². The lowest BCUT2D eigenvalue weighted by molar-refractivity contribution is -0.137. The topological polar surface area (TPSA) is 46.5 Å². The van der Waals surface area contributed by atoms with Crippen molar-refractivity contribution >= 4 is 5.97 Å². The number of carbonyl (C=O) groups is 1. The van der Waals surface area contributed by atoms with E-state index in [0.717, 1.165) is 29.9 Å². The Morgan fingerprint density at radius 1 is 1.00 bits per heavy atom. The third-order valence-electron chi connectivity index (χ3n) is 6.56. The van der Waals surface area contributed by atoms with Crippen LogP contribution < -0.4 is 4.74 Å². The molecule has 0 aromatic heterocycles. The molecule has 1 aromatic rings. The molecule has 0 amide bonds. The van der Waals surface area contributed by atoms with Gasteiger partial charge in [-0.1, -0.05) is 12.1 Å². The van der Waals surface area contributed by atoms with Gasteiger partial charge in [0, 0.05) is 6.42 Å². The maximum absolute atomic E-state index is 10.5. The fourth-order valence-corrected chi connectivity index (χ4v) is 5.94. The van der Waals surface area contributed by atoms with Gasteiger partial charge in [0.25, 0.3) is 0 Å². The van der Waals surface area contributed by atoms with E-state index in [1.807, 2.05) is 0 Å². The lowest BCUT2D eigenvalue weighted by atomic mass is 9.48. The van der Waals surface area contributed by atoms with Gasteiger partial charge >= 0.3 is 5.97 Å². The first kappa shape index (κ1) is 16.0. The molecule has 5 rings (SSSR count). The summed E-state index contributed by atoms with van der Waals surface area (Å²) < 4.78 is 5.77. The van der Waals surface area contributed by atoms with E-state index in [0.29, 0.717) is 18.4 Å². The van der Waals surface area contributed by atoms with Crippen LogP contribution in [0.3, 0.4) is 0 Å². The number of benzene rings is 1. The molecule has 0 unspecified atom stereocenters. The van der Waals surface area contributed by atoms with Crippen molar-refractivity contribution in [1.29, 1.82) is 0 Å². The molecule has 1 N–H and O–H groups in total. The minimum absolute atomic E-state index is 0.230. The molecule has 0 spiro atoms. The maximum Gasteiger partial charge on any atom is 0.303 e. The van der Waals surface area contributed by atoms with Gasteiger partial charge in [0.15, 0.2) is 0 Å². The van der Waals surface area contributed by atoms with E-state index in [2.05, 4.69) is 24.3 Å². The number of hydrogen-bond acceptors (Lipinski definition) is 2. The van der Waals surface area contributed by atoms with Crippen LogP contribution in [0.1, 0.15) is 63.4 Å². The summed E-state index contributed by atoms with van der Waals surface area (Å²) in [5, 5.41) is 8.64. The highest BCUT2D eigenvalue weighted by Gasteiger charge is 2.51. The van der Waals surface area contributed by atoms with Gasteiger partial charge < -0.3 is 9.84 Å². The number of aliphatic carboxylic acids is 1. The second-order valence-electron chi connectivity index (χ2n) is 8.42. The predicted octanol–water partition coefficient (Wildman–Crippen LogP) is 4.79. The van der Waals surface area contributed by atoms with Crippen LogP contribution in [-0.4, -0.2) is 17.7 Å². The normalized spacial score (nSPS) is 33.6. The van der Waals surface area contributed by atoms with E-state index in [-0.39, 0.29) is 6.42 Å². The monoisotopic (exact) mass is 328 g/mol. The molecule has 130 valence electrons. The van der Waals surface area contributed by atoms with Crippen molar-refractivity contribution in [1.82, 2.24) is 0 Å². The molecule has 0 saturated heterocycles. The number of rotatable bonds is 7. The Morgan fingerprint density at radius 3 is 2.12 bits per heavy atom. The number of carboxylic acids is 1. The van der Waals surface area contributed by atoms with Crippen LogP contribution in [-0.2, 0) is 10.2 Å². The van der Waals surface area contributed by atoms with Crippen molar-refractivity contribution < 1.29 is 14.6 Å². The van der Waals surface area contributed by atoms with Crippen LogP contribution >= 0.6 is 0 Å². The van der Waals surface area contributed by atoms with E-state index in [4.69, 9.17) is 9.84 Å². The molecule has 3 nitrogen and oxygen atoms in total. The van der Waals surface area contributed by atoms with Crippen LogP contribution in [0.15, 0.2) is 24.3 Å². The smallest absolute Gasteiger partial charge is 0.303 e. The summed E-state index contributed by atoms with van der Waals surface area (Å²) >= 11 is 0. The minimum Gasteiger partial charge on any atom is -0.494 e. The highest BCUT2D eigenvalue weighted by atomic mass is 16.5. The zero-order chi connectivity index (χ0) is 16.6. The van der Waals surface area contributed by atoms with Crippen molar-refractivity contribution in [2.24, 2.45) is 17.8 Å². The summed E-state index contributed by atoms with van der Waals surface area (Å²) in [5.41, 5.74) is 1.98. The molecule has 4 aliphatic carbocycles. The zero-order valence-electron chi connectivity index (χ0n) is 14.4. The van der Waals surface area contributed by atoms with Gasteiger partial charge in [0.05, 0.1) is 6.61 Å². The number of unbranched alkanes of at least 4 members (excludes halogenated alkanes) is 1. The summed E-state index contributed by atoms with van der Waals surface area (Å²) in [7, 11) is 0. The summed E-state index contributed by atoms with van der Waals surface area (Å²) in [6, 6.07) is 8.82. The standard InChI is InChI=1S/C21H28O3/c22-20(23)3-1-2-8-24-19-6-4-18(5-7-19)21-12-15-9-16(13-21)11-17(10-15)14-21/h4-7,15-17H,1-3,8-14H2,(H,22,23). The molecule has 1 aromatic carbocycles. The summed E-state index contributed by atoms with van der Waals surface area (Å²) in [6.07, 6.45) is 10.3. The maximum atomic E-state index is 10.5. The van der Waals surface area contributed by atoms with Crippen LogP contribution in [0.25, 0.3) is 0 Å².